The van der Waals surface area contributed by atoms with Gasteiger partial charge in [0.15, 0.2) is 11.8 Å². The Kier molecular flexibility index (Phi) is 8.88. The molecule has 2 aromatic rings. The molecule has 0 aliphatic heterocycles. The number of nitrogens with zero attached hydrogens (tertiary/aromatic N) is 3. The summed E-state index contributed by atoms with van der Waals surface area (Å²) in [6.07, 6.45) is -3.31. The molecule has 15 heteroatoms. The van der Waals surface area contributed by atoms with Gasteiger partial charge in [0.1, 0.15) is 15.6 Å². The zero-order chi connectivity index (χ0) is 28.5. The van der Waals surface area contributed by atoms with Crippen LogP contribution in [0.2, 0.25) is 5.02 Å². The number of amides is 1. The van der Waals surface area contributed by atoms with Gasteiger partial charge in [0, 0.05) is 31.6 Å². The third-order valence-electron chi connectivity index (χ3n) is 6.53. The number of hydrogen-bond acceptors (Lipinski definition) is 8. The first-order valence-electron chi connectivity index (χ1n) is 11.8. The lowest BCUT2D eigenvalue weighted by Crippen LogP contribution is -2.47. The number of aliphatic hydroxyl groups is 1. The third kappa shape index (κ3) is 6.70. The van der Waals surface area contributed by atoms with Crippen LogP contribution < -0.4 is 14.8 Å². The van der Waals surface area contributed by atoms with Crippen molar-refractivity contribution in [1.29, 1.82) is 0 Å². The van der Waals surface area contributed by atoms with E-state index in [0.717, 1.165) is 6.92 Å². The number of sulfone groups is 1. The van der Waals surface area contributed by atoms with E-state index in [1.165, 1.54) is 30.3 Å². The first kappa shape index (κ1) is 30.0. The summed E-state index contributed by atoms with van der Waals surface area (Å²) in [5.74, 6) is -0.872. The predicted molar refractivity (Wildman–Crippen MR) is 133 cm³/mol. The molecule has 212 valence electrons. The Hall–Kier alpha value is -2.58. The average molecular weight is 583 g/mol. The van der Waals surface area contributed by atoms with Crippen LogP contribution in [0.3, 0.4) is 0 Å². The molecule has 38 heavy (non-hydrogen) atoms. The van der Waals surface area contributed by atoms with Crippen LogP contribution in [-0.2, 0) is 16.4 Å². The minimum atomic E-state index is -4.58. The van der Waals surface area contributed by atoms with Crippen molar-refractivity contribution in [3.63, 3.8) is 0 Å². The fourth-order valence-corrected chi connectivity index (χ4v) is 5.63. The number of carbonyl (C=O) groups excluding carboxylic acids is 1. The molecule has 0 saturated heterocycles. The Bertz CT molecular complexity index is 1280. The van der Waals surface area contributed by atoms with E-state index in [1.54, 1.807) is 6.92 Å². The van der Waals surface area contributed by atoms with Crippen molar-refractivity contribution in [1.82, 2.24) is 20.1 Å². The number of halogens is 4. The lowest BCUT2D eigenvalue weighted by Gasteiger charge is -2.35. The Morgan fingerprint density at radius 1 is 1.37 bits per heavy atom. The van der Waals surface area contributed by atoms with Gasteiger partial charge >= 0.3 is 6.18 Å². The summed E-state index contributed by atoms with van der Waals surface area (Å²) in [5.41, 5.74) is -0.872. The topological polar surface area (TPSA) is 133 Å². The van der Waals surface area contributed by atoms with Crippen LogP contribution in [0, 0.1) is 0 Å². The van der Waals surface area contributed by atoms with E-state index in [9.17, 15) is 31.5 Å². The zero-order valence-corrected chi connectivity index (χ0v) is 22.9. The van der Waals surface area contributed by atoms with Gasteiger partial charge in [0.05, 0.1) is 34.2 Å². The number of ether oxygens (including phenoxy) is 2. The Morgan fingerprint density at radius 3 is 2.53 bits per heavy atom. The molecular formula is C23H30ClF3N4O6S. The van der Waals surface area contributed by atoms with E-state index < -0.39 is 38.9 Å². The molecule has 1 atom stereocenters. The number of alkyl halides is 3. The molecule has 2 aromatic heterocycles. The molecule has 0 radical (unpaired) electrons. The summed E-state index contributed by atoms with van der Waals surface area (Å²) in [7, 11) is -1.90. The van der Waals surface area contributed by atoms with Gasteiger partial charge in [0.25, 0.3) is 5.91 Å². The number of aromatic nitrogens is 3. The van der Waals surface area contributed by atoms with Crippen molar-refractivity contribution in [3.05, 3.63) is 23.0 Å². The normalized spacial score (nSPS) is 21.1. The van der Waals surface area contributed by atoms with Crippen molar-refractivity contribution in [2.24, 2.45) is 0 Å². The van der Waals surface area contributed by atoms with Gasteiger partial charge in [0.2, 0.25) is 5.88 Å². The molecule has 0 aromatic carbocycles. The summed E-state index contributed by atoms with van der Waals surface area (Å²) in [6.45, 7) is 2.76. The maximum Gasteiger partial charge on any atom is 0.425 e. The average Bonchev–Trinajstić information content (AvgIpc) is 3.17. The Morgan fingerprint density at radius 2 is 2.00 bits per heavy atom. The van der Waals surface area contributed by atoms with E-state index in [-0.39, 0.29) is 72.4 Å². The largest absolute Gasteiger partial charge is 0.496 e. The van der Waals surface area contributed by atoms with Crippen molar-refractivity contribution in [3.8, 4) is 22.9 Å². The summed E-state index contributed by atoms with van der Waals surface area (Å²) >= 11 is 6.54. The number of carbonyl (C=O) groups is 1. The van der Waals surface area contributed by atoms with E-state index >= 15 is 0 Å². The summed E-state index contributed by atoms with van der Waals surface area (Å²) in [6, 6.07) is 1.18. The van der Waals surface area contributed by atoms with Crippen molar-refractivity contribution >= 4 is 27.3 Å². The highest BCUT2D eigenvalue weighted by Crippen LogP contribution is 2.38. The molecule has 0 unspecified atom stereocenters. The lowest BCUT2D eigenvalue weighted by atomic mass is 9.84. The first-order valence-corrected chi connectivity index (χ1v) is 14.2. The molecule has 3 rings (SSSR count). The molecule has 1 amide bonds. The van der Waals surface area contributed by atoms with Crippen molar-refractivity contribution in [2.45, 2.75) is 69.2 Å². The van der Waals surface area contributed by atoms with Crippen molar-refractivity contribution in [2.75, 3.05) is 19.9 Å². The predicted octanol–water partition coefficient (Wildman–Crippen LogP) is 3.40. The van der Waals surface area contributed by atoms with Crippen LogP contribution in [0.15, 0.2) is 12.3 Å². The van der Waals surface area contributed by atoms with E-state index in [4.69, 9.17) is 21.1 Å². The smallest absolute Gasteiger partial charge is 0.425 e. The van der Waals surface area contributed by atoms with Gasteiger partial charge in [-0.3, -0.25) is 9.48 Å². The van der Waals surface area contributed by atoms with E-state index in [2.05, 4.69) is 15.4 Å². The Balaban J connectivity index is 1.81. The summed E-state index contributed by atoms with van der Waals surface area (Å²) < 4.78 is 73.8. The lowest BCUT2D eigenvalue weighted by molar-refractivity contribution is -0.190. The number of pyridine rings is 1. The second kappa shape index (κ2) is 11.3. The standard InChI is InChI=1S/C23H30ClF3N4O6S/c1-5-31-20(15-11-28-17(10-16(15)36-3)37-13(2)23(25,26)27)18(24)19(30-31)21(32)29-12-22(33)8-6-14(7-9-22)38(4,34)35/h10-11,13-14,33H,5-9,12H2,1-4H3,(H,29,32)/t13-,14-,22+/m1/s1. The highest BCUT2D eigenvalue weighted by molar-refractivity contribution is 7.91. The molecule has 1 aliphatic rings. The number of nitrogens with one attached hydrogen (secondary N) is 1. The quantitative estimate of drug-likeness (QED) is 0.460. The molecule has 1 aliphatic carbocycles. The van der Waals surface area contributed by atoms with Crippen LogP contribution in [0.5, 0.6) is 11.6 Å². The molecule has 0 bridgehead atoms. The van der Waals surface area contributed by atoms with Gasteiger partial charge in [-0.25, -0.2) is 13.4 Å². The van der Waals surface area contributed by atoms with Crippen LogP contribution in [-0.4, -0.2) is 77.2 Å². The second-order valence-corrected chi connectivity index (χ2v) is 12.0. The fourth-order valence-electron chi connectivity index (χ4n) is 4.21. The van der Waals surface area contributed by atoms with Gasteiger partial charge in [-0.15, -0.1) is 0 Å². The summed E-state index contributed by atoms with van der Waals surface area (Å²) in [4.78, 5) is 16.9. The second-order valence-electron chi connectivity index (χ2n) is 9.29. The highest BCUT2D eigenvalue weighted by Gasteiger charge is 2.39. The SMILES string of the molecule is CCn1nc(C(=O)NC[C@]2(O)CC[C@@H](S(C)(=O)=O)CC2)c(Cl)c1-c1cnc(O[C@H](C)C(F)(F)F)cc1OC. The minimum absolute atomic E-state index is 0.0467. The molecule has 10 nitrogen and oxygen atoms in total. The van der Waals surface area contributed by atoms with Gasteiger partial charge in [-0.2, -0.15) is 18.3 Å². The molecule has 2 N–H and O–H groups in total. The zero-order valence-electron chi connectivity index (χ0n) is 21.3. The van der Waals surface area contributed by atoms with E-state index in [1.807, 2.05) is 0 Å². The van der Waals surface area contributed by atoms with Gasteiger partial charge in [-0.05, 0) is 39.5 Å². The van der Waals surface area contributed by atoms with Crippen LogP contribution in [0.1, 0.15) is 50.0 Å². The van der Waals surface area contributed by atoms with Gasteiger partial charge in [-0.1, -0.05) is 11.6 Å². The maximum atomic E-state index is 13.0. The van der Waals surface area contributed by atoms with Gasteiger partial charge < -0.3 is 19.9 Å². The molecular weight excluding hydrogens is 553 g/mol. The van der Waals surface area contributed by atoms with Crippen LogP contribution in [0.25, 0.3) is 11.3 Å². The molecule has 2 heterocycles. The van der Waals surface area contributed by atoms with E-state index in [0.29, 0.717) is 0 Å². The number of methoxy groups -OCH3 is 1. The first-order chi connectivity index (χ1) is 17.6. The molecule has 0 spiro atoms. The van der Waals surface area contributed by atoms with Crippen molar-refractivity contribution < 1.29 is 41.0 Å². The highest BCUT2D eigenvalue weighted by atomic mass is 35.5. The summed E-state index contributed by atoms with van der Waals surface area (Å²) in [5, 5.41) is 17.2. The maximum absolute atomic E-state index is 13.0. The molecule has 1 saturated carbocycles. The van der Waals surface area contributed by atoms with Crippen LogP contribution in [0.4, 0.5) is 13.2 Å². The number of rotatable bonds is 9. The minimum Gasteiger partial charge on any atom is -0.496 e. The third-order valence-corrected chi connectivity index (χ3v) is 8.57. The number of hydrogen-bond donors (Lipinski definition) is 2. The van der Waals surface area contributed by atoms with Crippen LogP contribution >= 0.6 is 11.6 Å². The monoisotopic (exact) mass is 582 g/mol. The Labute approximate surface area is 223 Å². The molecule has 1 fully saturated rings. The fraction of sp³-hybridized carbons (Fsp3) is 0.609. The number of aryl methyl sites for hydroxylation is 1.